The van der Waals surface area contributed by atoms with Crippen LogP contribution < -0.4 is 0 Å². The largest absolute Gasteiger partial charge is 0.324 e. The Kier molecular flexibility index (Phi) is 4.10. The van der Waals surface area contributed by atoms with E-state index in [0.29, 0.717) is 11.7 Å². The number of hydrogen-bond acceptors (Lipinski definition) is 1. The third-order valence-electron chi connectivity index (χ3n) is 3.10. The normalized spacial score (nSPS) is 14.1. The molecule has 0 aliphatic carbocycles. The number of aromatic nitrogens is 2. The fraction of sp³-hybridized carbons (Fsp3) is 0.462. The Hall–Kier alpha value is -0.440. The van der Waals surface area contributed by atoms with Gasteiger partial charge in [0.05, 0.1) is 11.0 Å². The molecule has 18 heavy (non-hydrogen) atoms. The summed E-state index contributed by atoms with van der Waals surface area (Å²) in [4.78, 5) is 4.44. The molecule has 0 radical (unpaired) electrons. The zero-order chi connectivity index (χ0) is 13.3. The second kappa shape index (κ2) is 5.28. The summed E-state index contributed by atoms with van der Waals surface area (Å²) in [6.07, 6.45) is 1.08. The van der Waals surface area contributed by atoms with Gasteiger partial charge in [0, 0.05) is 6.54 Å². The summed E-state index contributed by atoms with van der Waals surface area (Å²) in [5.41, 5.74) is 1.88. The predicted molar refractivity (Wildman–Crippen MR) is 78.4 cm³/mol. The quantitative estimate of drug-likeness (QED) is 0.737. The van der Waals surface area contributed by atoms with E-state index in [1.807, 2.05) is 28.8 Å². The number of alkyl halides is 3. The highest BCUT2D eigenvalue weighted by Crippen LogP contribution is 2.39. The maximum Gasteiger partial charge on any atom is 0.248 e. The average molecular weight is 306 g/mol. The molecule has 1 unspecified atom stereocenters. The summed E-state index contributed by atoms with van der Waals surface area (Å²) in [6, 6.07) is 7.84. The first-order chi connectivity index (χ1) is 8.43. The van der Waals surface area contributed by atoms with E-state index in [4.69, 9.17) is 34.8 Å². The van der Waals surface area contributed by atoms with Crippen molar-refractivity contribution < 1.29 is 0 Å². The highest BCUT2D eigenvalue weighted by Gasteiger charge is 2.30. The minimum Gasteiger partial charge on any atom is -0.324 e. The van der Waals surface area contributed by atoms with Crippen molar-refractivity contribution in [2.75, 3.05) is 0 Å². The predicted octanol–water partition coefficient (Wildman–Crippen LogP) is 4.91. The van der Waals surface area contributed by atoms with Gasteiger partial charge in [-0.15, -0.1) is 0 Å². The van der Waals surface area contributed by atoms with E-state index in [1.165, 1.54) is 0 Å². The van der Waals surface area contributed by atoms with Gasteiger partial charge in [0.1, 0.15) is 0 Å². The lowest BCUT2D eigenvalue weighted by molar-refractivity contribution is 0.466. The topological polar surface area (TPSA) is 17.8 Å². The van der Waals surface area contributed by atoms with E-state index in [2.05, 4.69) is 18.8 Å². The molecule has 0 fully saturated rings. The summed E-state index contributed by atoms with van der Waals surface area (Å²) in [5, 5.41) is 0. The maximum atomic E-state index is 6.01. The van der Waals surface area contributed by atoms with Crippen molar-refractivity contribution in [3.8, 4) is 0 Å². The molecular formula is C13H15Cl3N2. The van der Waals surface area contributed by atoms with Crippen LogP contribution in [-0.4, -0.2) is 9.55 Å². The lowest BCUT2D eigenvalue weighted by Gasteiger charge is -2.17. The molecule has 1 heterocycles. The molecule has 0 spiro atoms. The van der Waals surface area contributed by atoms with E-state index in [0.717, 1.165) is 24.0 Å². The Labute approximate surface area is 122 Å². The number of imidazole rings is 1. The van der Waals surface area contributed by atoms with Crippen molar-refractivity contribution in [2.24, 2.45) is 5.92 Å². The SMILES string of the molecule is CCC(C)Cn1c(C(Cl)(Cl)Cl)nc2ccccc21. The zero-order valence-electron chi connectivity index (χ0n) is 10.3. The fourth-order valence-corrected chi connectivity index (χ4v) is 2.35. The van der Waals surface area contributed by atoms with Crippen LogP contribution in [0.15, 0.2) is 24.3 Å². The molecule has 1 aromatic carbocycles. The van der Waals surface area contributed by atoms with Gasteiger partial charge < -0.3 is 4.57 Å². The number of nitrogens with zero attached hydrogens (tertiary/aromatic N) is 2. The fourth-order valence-electron chi connectivity index (χ4n) is 1.92. The Balaban J connectivity index is 2.58. The van der Waals surface area contributed by atoms with Crippen LogP contribution in [0.1, 0.15) is 26.1 Å². The van der Waals surface area contributed by atoms with Gasteiger partial charge in [0.15, 0.2) is 5.82 Å². The number of benzene rings is 1. The Morgan fingerprint density at radius 1 is 1.28 bits per heavy atom. The molecule has 0 aliphatic heterocycles. The smallest absolute Gasteiger partial charge is 0.248 e. The Morgan fingerprint density at radius 2 is 1.94 bits per heavy atom. The molecule has 98 valence electrons. The first-order valence-corrected chi connectivity index (χ1v) is 7.09. The molecule has 0 bridgehead atoms. The minimum atomic E-state index is -1.49. The molecule has 5 heteroatoms. The highest BCUT2D eigenvalue weighted by molar-refractivity contribution is 6.66. The van der Waals surface area contributed by atoms with Crippen molar-refractivity contribution in [1.29, 1.82) is 0 Å². The lowest BCUT2D eigenvalue weighted by atomic mass is 10.1. The number of rotatable bonds is 3. The molecule has 0 saturated carbocycles. The van der Waals surface area contributed by atoms with Gasteiger partial charge in [-0.1, -0.05) is 67.2 Å². The molecule has 1 aromatic heterocycles. The van der Waals surface area contributed by atoms with E-state index < -0.39 is 3.79 Å². The van der Waals surface area contributed by atoms with Crippen LogP contribution in [-0.2, 0) is 10.3 Å². The lowest BCUT2D eigenvalue weighted by Crippen LogP contribution is -2.15. The van der Waals surface area contributed by atoms with Gasteiger partial charge >= 0.3 is 0 Å². The monoisotopic (exact) mass is 304 g/mol. The van der Waals surface area contributed by atoms with Crippen LogP contribution in [0.25, 0.3) is 11.0 Å². The van der Waals surface area contributed by atoms with Crippen molar-refractivity contribution in [3.05, 3.63) is 30.1 Å². The maximum absolute atomic E-state index is 6.01. The first-order valence-electron chi connectivity index (χ1n) is 5.96. The molecule has 2 nitrogen and oxygen atoms in total. The summed E-state index contributed by atoms with van der Waals surface area (Å²) in [5.74, 6) is 1.00. The highest BCUT2D eigenvalue weighted by atomic mass is 35.6. The molecule has 0 saturated heterocycles. The average Bonchev–Trinajstić information content (AvgIpc) is 2.68. The first kappa shape index (κ1) is 14.0. The summed E-state index contributed by atoms with van der Waals surface area (Å²) in [7, 11) is 0. The van der Waals surface area contributed by atoms with Gasteiger partial charge in [-0.05, 0) is 18.1 Å². The number of para-hydroxylation sites is 2. The third kappa shape index (κ3) is 2.76. The van der Waals surface area contributed by atoms with Crippen LogP contribution in [0.5, 0.6) is 0 Å². The second-order valence-electron chi connectivity index (χ2n) is 4.55. The molecular weight excluding hydrogens is 291 g/mol. The molecule has 0 amide bonds. The third-order valence-corrected chi connectivity index (χ3v) is 3.61. The summed E-state index contributed by atoms with van der Waals surface area (Å²) < 4.78 is 0.517. The van der Waals surface area contributed by atoms with Crippen LogP contribution in [0.3, 0.4) is 0 Å². The standard InChI is InChI=1S/C13H15Cl3N2/c1-3-9(2)8-18-11-7-5-4-6-10(11)17-12(18)13(14,15)16/h4-7,9H,3,8H2,1-2H3. The van der Waals surface area contributed by atoms with Crippen molar-refractivity contribution in [2.45, 2.75) is 30.6 Å². The molecule has 1 atom stereocenters. The van der Waals surface area contributed by atoms with Crippen molar-refractivity contribution >= 4 is 45.8 Å². The van der Waals surface area contributed by atoms with Crippen LogP contribution in [0.2, 0.25) is 0 Å². The van der Waals surface area contributed by atoms with Crippen LogP contribution in [0, 0.1) is 5.92 Å². The van der Waals surface area contributed by atoms with E-state index >= 15 is 0 Å². The molecule has 2 rings (SSSR count). The molecule has 2 aromatic rings. The van der Waals surface area contributed by atoms with Gasteiger partial charge in [-0.2, -0.15) is 0 Å². The van der Waals surface area contributed by atoms with Crippen LogP contribution in [0.4, 0.5) is 0 Å². The Bertz CT molecular complexity index is 543. The molecule has 0 aliphatic rings. The van der Waals surface area contributed by atoms with Crippen LogP contribution >= 0.6 is 34.8 Å². The van der Waals surface area contributed by atoms with Gasteiger partial charge in [-0.3, -0.25) is 0 Å². The summed E-state index contributed by atoms with van der Waals surface area (Å²) >= 11 is 18.0. The van der Waals surface area contributed by atoms with E-state index in [9.17, 15) is 0 Å². The minimum absolute atomic E-state index is 0.494. The van der Waals surface area contributed by atoms with E-state index in [1.54, 1.807) is 0 Å². The number of halogens is 3. The van der Waals surface area contributed by atoms with Gasteiger partial charge in [0.25, 0.3) is 0 Å². The van der Waals surface area contributed by atoms with Crippen molar-refractivity contribution in [3.63, 3.8) is 0 Å². The Morgan fingerprint density at radius 3 is 2.56 bits per heavy atom. The zero-order valence-corrected chi connectivity index (χ0v) is 12.6. The van der Waals surface area contributed by atoms with Crippen molar-refractivity contribution in [1.82, 2.24) is 9.55 Å². The van der Waals surface area contributed by atoms with Gasteiger partial charge in [0.2, 0.25) is 3.79 Å². The van der Waals surface area contributed by atoms with Gasteiger partial charge in [-0.25, -0.2) is 4.98 Å². The van der Waals surface area contributed by atoms with E-state index in [-0.39, 0.29) is 0 Å². The second-order valence-corrected chi connectivity index (χ2v) is 6.83. The number of fused-ring (bicyclic) bond motifs is 1. The summed E-state index contributed by atoms with van der Waals surface area (Å²) in [6.45, 7) is 5.13. The number of hydrogen-bond donors (Lipinski definition) is 0. The molecule has 0 N–H and O–H groups in total.